The molecule has 1 rings (SSSR count). The Morgan fingerprint density at radius 1 is 1.25 bits per heavy atom. The number of ether oxygens (including phenoxy) is 1. The van der Waals surface area contributed by atoms with Crippen molar-refractivity contribution in [1.29, 1.82) is 0 Å². The van der Waals surface area contributed by atoms with Gasteiger partial charge in [0.2, 0.25) is 11.8 Å². The average molecular weight is 244 g/mol. The summed E-state index contributed by atoms with van der Waals surface area (Å²) < 4.78 is 5.43. The van der Waals surface area contributed by atoms with E-state index in [0.717, 1.165) is 6.42 Å². The van der Waals surface area contributed by atoms with Gasteiger partial charge in [0.05, 0.1) is 6.61 Å². The zero-order valence-corrected chi connectivity index (χ0v) is 10.3. The Balaban J connectivity index is 2.21. The number of hydrogen-bond donors (Lipinski definition) is 1. The van der Waals surface area contributed by atoms with E-state index in [1.54, 1.807) is 6.07 Å². The lowest BCUT2D eigenvalue weighted by Crippen LogP contribution is -2.02. The fourth-order valence-electron chi connectivity index (χ4n) is 1.37. The number of unbranched alkanes of at least 4 members (excludes halogenated alkanes) is 4. The predicted molar refractivity (Wildman–Crippen MR) is 65.7 cm³/mol. The smallest absolute Gasteiger partial charge is 0.224 e. The molecule has 1 heterocycles. The number of aromatic nitrogens is 2. The maximum absolute atomic E-state index is 5.72. The van der Waals surface area contributed by atoms with E-state index in [-0.39, 0.29) is 5.95 Å². The summed E-state index contributed by atoms with van der Waals surface area (Å²) in [6.45, 7) is 2.85. The van der Waals surface area contributed by atoms with Crippen LogP contribution in [0.3, 0.4) is 0 Å². The van der Waals surface area contributed by atoms with Crippen molar-refractivity contribution in [3.8, 4) is 5.88 Å². The van der Waals surface area contributed by atoms with Gasteiger partial charge in [-0.3, -0.25) is 0 Å². The molecule has 0 saturated heterocycles. The molecule has 1 aromatic rings. The van der Waals surface area contributed by atoms with Gasteiger partial charge in [-0.25, -0.2) is 4.98 Å². The monoisotopic (exact) mass is 243 g/mol. The van der Waals surface area contributed by atoms with Gasteiger partial charge in [0.1, 0.15) is 5.15 Å². The molecule has 16 heavy (non-hydrogen) atoms. The van der Waals surface area contributed by atoms with Crippen LogP contribution < -0.4 is 10.5 Å². The SMILES string of the molecule is CCCCCCCOc1cc(Cl)nc(N)n1. The quantitative estimate of drug-likeness (QED) is 0.591. The van der Waals surface area contributed by atoms with Crippen LogP contribution in [0.1, 0.15) is 39.0 Å². The molecule has 0 amide bonds. The van der Waals surface area contributed by atoms with Crippen molar-refractivity contribution in [2.45, 2.75) is 39.0 Å². The number of nitrogens with two attached hydrogens (primary N) is 1. The lowest BCUT2D eigenvalue weighted by atomic mass is 10.2. The van der Waals surface area contributed by atoms with Crippen molar-refractivity contribution in [1.82, 2.24) is 9.97 Å². The molecule has 0 aromatic carbocycles. The van der Waals surface area contributed by atoms with Gasteiger partial charge in [-0.05, 0) is 6.42 Å². The van der Waals surface area contributed by atoms with Gasteiger partial charge in [0.25, 0.3) is 0 Å². The summed E-state index contributed by atoms with van der Waals surface area (Å²) >= 11 is 5.72. The third kappa shape index (κ3) is 5.16. The molecule has 0 spiro atoms. The Labute approximate surface area is 101 Å². The minimum Gasteiger partial charge on any atom is -0.478 e. The molecule has 4 nitrogen and oxygen atoms in total. The zero-order chi connectivity index (χ0) is 11.8. The Morgan fingerprint density at radius 3 is 2.69 bits per heavy atom. The number of nitrogens with zero attached hydrogens (tertiary/aromatic N) is 2. The normalized spacial score (nSPS) is 10.4. The average Bonchev–Trinajstić information content (AvgIpc) is 2.22. The minimum absolute atomic E-state index is 0.147. The largest absolute Gasteiger partial charge is 0.478 e. The number of hydrogen-bond acceptors (Lipinski definition) is 4. The van der Waals surface area contributed by atoms with Crippen LogP contribution in [0.25, 0.3) is 0 Å². The summed E-state index contributed by atoms with van der Waals surface area (Å²) in [6, 6.07) is 1.57. The van der Waals surface area contributed by atoms with Crippen LogP contribution in [0.5, 0.6) is 5.88 Å². The van der Waals surface area contributed by atoms with E-state index < -0.39 is 0 Å². The highest BCUT2D eigenvalue weighted by Gasteiger charge is 2.00. The maximum Gasteiger partial charge on any atom is 0.224 e. The van der Waals surface area contributed by atoms with Crippen LogP contribution in [-0.4, -0.2) is 16.6 Å². The fourth-order valence-corrected chi connectivity index (χ4v) is 1.55. The van der Waals surface area contributed by atoms with Crippen molar-refractivity contribution < 1.29 is 4.74 Å². The van der Waals surface area contributed by atoms with Crippen molar-refractivity contribution in [3.05, 3.63) is 11.2 Å². The highest BCUT2D eigenvalue weighted by molar-refractivity contribution is 6.29. The molecule has 1 aromatic heterocycles. The van der Waals surface area contributed by atoms with E-state index in [9.17, 15) is 0 Å². The highest BCUT2D eigenvalue weighted by atomic mass is 35.5. The van der Waals surface area contributed by atoms with Gasteiger partial charge < -0.3 is 10.5 Å². The summed E-state index contributed by atoms with van der Waals surface area (Å²) in [4.78, 5) is 7.68. The summed E-state index contributed by atoms with van der Waals surface area (Å²) in [5, 5.41) is 0.313. The molecule has 0 radical (unpaired) electrons. The first-order valence-corrected chi connectivity index (χ1v) is 6.03. The fraction of sp³-hybridized carbons (Fsp3) is 0.636. The number of nitrogen functional groups attached to an aromatic ring is 1. The van der Waals surface area contributed by atoms with E-state index in [1.807, 2.05) is 0 Å². The van der Waals surface area contributed by atoms with Crippen LogP contribution in [-0.2, 0) is 0 Å². The van der Waals surface area contributed by atoms with Crippen LogP contribution >= 0.6 is 11.6 Å². The topological polar surface area (TPSA) is 61.0 Å². The van der Waals surface area contributed by atoms with Crippen molar-refractivity contribution in [2.24, 2.45) is 0 Å². The Morgan fingerprint density at radius 2 is 2.00 bits per heavy atom. The number of rotatable bonds is 7. The molecule has 2 N–H and O–H groups in total. The van der Waals surface area contributed by atoms with Crippen LogP contribution in [0.2, 0.25) is 5.15 Å². The van der Waals surface area contributed by atoms with E-state index in [4.69, 9.17) is 22.1 Å². The van der Waals surface area contributed by atoms with Gasteiger partial charge in [0.15, 0.2) is 0 Å². The van der Waals surface area contributed by atoms with E-state index in [0.29, 0.717) is 17.6 Å². The maximum atomic E-state index is 5.72. The van der Waals surface area contributed by atoms with E-state index in [2.05, 4.69) is 16.9 Å². The van der Waals surface area contributed by atoms with Crippen molar-refractivity contribution in [2.75, 3.05) is 12.3 Å². The molecule has 0 bridgehead atoms. The lowest BCUT2D eigenvalue weighted by Gasteiger charge is -2.05. The molecule has 0 aliphatic carbocycles. The molecule has 0 saturated carbocycles. The van der Waals surface area contributed by atoms with Gasteiger partial charge in [-0.1, -0.05) is 44.2 Å². The second kappa shape index (κ2) is 7.28. The Bertz CT molecular complexity index is 300. The molecule has 0 atom stereocenters. The predicted octanol–water partition coefficient (Wildman–Crippen LogP) is 3.06. The molecule has 0 fully saturated rings. The third-order valence-corrected chi connectivity index (χ3v) is 2.38. The van der Waals surface area contributed by atoms with Crippen LogP contribution in [0.4, 0.5) is 5.95 Å². The molecular weight excluding hydrogens is 226 g/mol. The highest BCUT2D eigenvalue weighted by Crippen LogP contribution is 2.15. The molecule has 0 unspecified atom stereocenters. The molecule has 0 aliphatic rings. The zero-order valence-electron chi connectivity index (χ0n) is 9.58. The molecular formula is C11H18ClN3O. The number of halogens is 1. The summed E-state index contributed by atoms with van der Waals surface area (Å²) in [7, 11) is 0. The minimum atomic E-state index is 0.147. The van der Waals surface area contributed by atoms with Crippen LogP contribution in [0, 0.1) is 0 Å². The van der Waals surface area contributed by atoms with Gasteiger partial charge >= 0.3 is 0 Å². The van der Waals surface area contributed by atoms with Gasteiger partial charge in [-0.2, -0.15) is 4.98 Å². The molecule has 90 valence electrons. The molecule has 5 heteroatoms. The van der Waals surface area contributed by atoms with Gasteiger partial charge in [-0.15, -0.1) is 0 Å². The summed E-state index contributed by atoms with van der Waals surface area (Å²) in [5.41, 5.74) is 5.44. The van der Waals surface area contributed by atoms with E-state index >= 15 is 0 Å². The Hall–Kier alpha value is -1.03. The van der Waals surface area contributed by atoms with E-state index in [1.165, 1.54) is 25.7 Å². The summed E-state index contributed by atoms with van der Waals surface area (Å²) in [5.74, 6) is 0.599. The van der Waals surface area contributed by atoms with Gasteiger partial charge in [0, 0.05) is 6.07 Å². The Kier molecular flexibility index (Phi) is 5.93. The standard InChI is InChI=1S/C11H18ClN3O/c1-2-3-4-5-6-7-16-10-8-9(12)14-11(13)15-10/h8H,2-7H2,1H3,(H2,13,14,15). The van der Waals surface area contributed by atoms with Crippen molar-refractivity contribution >= 4 is 17.5 Å². The van der Waals surface area contributed by atoms with Crippen LogP contribution in [0.15, 0.2) is 6.07 Å². The first-order valence-electron chi connectivity index (χ1n) is 5.65. The summed E-state index contributed by atoms with van der Waals surface area (Å²) in [6.07, 6.45) is 6.00. The first kappa shape index (κ1) is 13.0. The van der Waals surface area contributed by atoms with Crippen molar-refractivity contribution in [3.63, 3.8) is 0 Å². The first-order chi connectivity index (χ1) is 7.72. The molecule has 0 aliphatic heterocycles. The second-order valence-corrected chi connectivity index (χ2v) is 4.04. The third-order valence-electron chi connectivity index (χ3n) is 2.19. The number of anilines is 1. The second-order valence-electron chi connectivity index (χ2n) is 3.65. The lowest BCUT2D eigenvalue weighted by molar-refractivity contribution is 0.293.